The maximum atomic E-state index is 12.4. The number of nitrogens with zero attached hydrogens (tertiary/aromatic N) is 1. The van der Waals surface area contributed by atoms with E-state index in [1.807, 2.05) is 0 Å². The van der Waals surface area contributed by atoms with E-state index in [0.29, 0.717) is 13.2 Å². The zero-order valence-corrected chi connectivity index (χ0v) is 9.57. The highest BCUT2D eigenvalue weighted by Crippen LogP contribution is 2.55. The van der Waals surface area contributed by atoms with Crippen molar-refractivity contribution in [2.24, 2.45) is 11.8 Å². The standard InChI is InChI=1S/C12H13NO5/c14-9-8-7(10(15)16)6-2-3-12(8,18-6)11-13(9)4-1-5-17-11/h2-3,6-8,11H,1,4-5H2,(H,15,16)/p-1/t6-,7+,8-,11+,12+/m1/s1. The molecule has 6 heteroatoms. The molecule has 3 saturated heterocycles. The van der Waals surface area contributed by atoms with Gasteiger partial charge in [0.2, 0.25) is 5.91 Å². The van der Waals surface area contributed by atoms with E-state index in [1.54, 1.807) is 17.1 Å². The molecule has 4 heterocycles. The zero-order valence-electron chi connectivity index (χ0n) is 9.57. The van der Waals surface area contributed by atoms with Gasteiger partial charge in [-0.05, 0) is 12.5 Å². The molecule has 0 aromatic rings. The molecule has 0 N–H and O–H groups in total. The third-order valence-electron chi connectivity index (χ3n) is 4.40. The maximum Gasteiger partial charge on any atom is 0.232 e. The summed E-state index contributed by atoms with van der Waals surface area (Å²) >= 11 is 0. The summed E-state index contributed by atoms with van der Waals surface area (Å²) in [6.45, 7) is 1.17. The van der Waals surface area contributed by atoms with Gasteiger partial charge in [-0.1, -0.05) is 6.08 Å². The van der Waals surface area contributed by atoms with Gasteiger partial charge in [0.1, 0.15) is 5.60 Å². The number of aliphatic carboxylic acids is 1. The fourth-order valence-corrected chi connectivity index (χ4v) is 3.73. The Kier molecular flexibility index (Phi) is 1.83. The fourth-order valence-electron chi connectivity index (χ4n) is 3.73. The van der Waals surface area contributed by atoms with Gasteiger partial charge < -0.3 is 24.3 Å². The molecule has 0 unspecified atom stereocenters. The lowest BCUT2D eigenvalue weighted by atomic mass is 9.76. The molecule has 0 aliphatic carbocycles. The topological polar surface area (TPSA) is 78.9 Å². The number of carbonyl (C=O) groups excluding carboxylic acids is 2. The Balaban J connectivity index is 1.82. The monoisotopic (exact) mass is 250 g/mol. The Labute approximate surface area is 103 Å². The van der Waals surface area contributed by atoms with E-state index in [-0.39, 0.29) is 5.91 Å². The zero-order chi connectivity index (χ0) is 12.5. The van der Waals surface area contributed by atoms with E-state index in [0.717, 1.165) is 6.42 Å². The van der Waals surface area contributed by atoms with Gasteiger partial charge in [0, 0.05) is 18.4 Å². The van der Waals surface area contributed by atoms with Gasteiger partial charge in [0.05, 0.1) is 18.6 Å². The largest absolute Gasteiger partial charge is 0.550 e. The first-order valence-corrected chi connectivity index (χ1v) is 6.15. The number of hydrogen-bond donors (Lipinski definition) is 0. The van der Waals surface area contributed by atoms with Crippen molar-refractivity contribution in [1.82, 2.24) is 4.90 Å². The molecule has 0 radical (unpaired) electrons. The third-order valence-corrected chi connectivity index (χ3v) is 4.40. The van der Waals surface area contributed by atoms with Crippen molar-refractivity contribution in [2.45, 2.75) is 24.4 Å². The number of rotatable bonds is 1. The molecule has 4 aliphatic heterocycles. The van der Waals surface area contributed by atoms with Gasteiger partial charge in [-0.25, -0.2) is 0 Å². The molecule has 3 fully saturated rings. The van der Waals surface area contributed by atoms with E-state index in [1.165, 1.54) is 0 Å². The van der Waals surface area contributed by atoms with Crippen LogP contribution in [0.4, 0.5) is 0 Å². The molecule has 0 aromatic heterocycles. The predicted octanol–water partition coefficient (Wildman–Crippen LogP) is -1.74. The summed E-state index contributed by atoms with van der Waals surface area (Å²) in [4.78, 5) is 25.2. The van der Waals surface area contributed by atoms with Crippen molar-refractivity contribution >= 4 is 11.9 Å². The molecule has 96 valence electrons. The van der Waals surface area contributed by atoms with Crippen LogP contribution in [0.1, 0.15) is 6.42 Å². The van der Waals surface area contributed by atoms with Crippen molar-refractivity contribution in [2.75, 3.05) is 13.2 Å². The van der Waals surface area contributed by atoms with Crippen LogP contribution in [0.25, 0.3) is 0 Å². The van der Waals surface area contributed by atoms with E-state index < -0.39 is 35.7 Å². The van der Waals surface area contributed by atoms with E-state index >= 15 is 0 Å². The van der Waals surface area contributed by atoms with Crippen molar-refractivity contribution < 1.29 is 24.2 Å². The highest BCUT2D eigenvalue weighted by Gasteiger charge is 2.70. The van der Waals surface area contributed by atoms with Gasteiger partial charge >= 0.3 is 0 Å². The summed E-state index contributed by atoms with van der Waals surface area (Å²) in [5.41, 5.74) is -0.910. The Morgan fingerprint density at radius 3 is 3.17 bits per heavy atom. The van der Waals surface area contributed by atoms with E-state index in [9.17, 15) is 14.7 Å². The number of carbonyl (C=O) groups is 2. The first-order valence-electron chi connectivity index (χ1n) is 6.15. The Morgan fingerprint density at radius 1 is 1.56 bits per heavy atom. The minimum absolute atomic E-state index is 0.180. The van der Waals surface area contributed by atoms with Crippen molar-refractivity contribution in [1.29, 1.82) is 0 Å². The molecular weight excluding hydrogens is 238 g/mol. The summed E-state index contributed by atoms with van der Waals surface area (Å²) < 4.78 is 11.4. The Bertz CT molecular complexity index is 475. The number of carboxylic acids is 1. The second-order valence-corrected chi connectivity index (χ2v) is 5.23. The molecule has 1 spiro atoms. The summed E-state index contributed by atoms with van der Waals surface area (Å²) in [7, 11) is 0. The molecule has 18 heavy (non-hydrogen) atoms. The van der Waals surface area contributed by atoms with Crippen LogP contribution in [-0.2, 0) is 19.1 Å². The van der Waals surface area contributed by atoms with Crippen molar-refractivity contribution in [3.05, 3.63) is 12.2 Å². The number of carboxylic acid groups (broad SMARTS) is 1. The smallest absolute Gasteiger partial charge is 0.232 e. The summed E-state index contributed by atoms with van der Waals surface area (Å²) in [5.74, 6) is -2.98. The number of amides is 1. The molecule has 4 rings (SSSR count). The van der Waals surface area contributed by atoms with E-state index in [2.05, 4.69) is 0 Å². The van der Waals surface area contributed by atoms with Crippen LogP contribution < -0.4 is 5.11 Å². The first-order chi connectivity index (χ1) is 8.65. The Hall–Kier alpha value is -1.40. The molecule has 1 amide bonds. The fraction of sp³-hybridized carbons (Fsp3) is 0.667. The number of ether oxygens (including phenoxy) is 2. The number of fused-ring (bicyclic) bond motifs is 2. The molecule has 0 aromatic carbocycles. The van der Waals surface area contributed by atoms with Crippen LogP contribution in [-0.4, -0.2) is 47.9 Å². The van der Waals surface area contributed by atoms with Crippen LogP contribution in [0, 0.1) is 11.8 Å². The quantitative estimate of drug-likeness (QED) is 0.516. The normalized spacial score (nSPS) is 48.4. The molecule has 4 aliphatic rings. The van der Waals surface area contributed by atoms with Crippen molar-refractivity contribution in [3.63, 3.8) is 0 Å². The average Bonchev–Trinajstić information content (AvgIpc) is 2.99. The first kappa shape index (κ1) is 10.5. The summed E-state index contributed by atoms with van der Waals surface area (Å²) in [6.07, 6.45) is 3.25. The van der Waals surface area contributed by atoms with Gasteiger partial charge in [-0.15, -0.1) is 0 Å². The summed E-state index contributed by atoms with van der Waals surface area (Å²) in [5, 5.41) is 11.2. The lowest BCUT2D eigenvalue weighted by molar-refractivity contribution is -0.313. The second-order valence-electron chi connectivity index (χ2n) is 5.23. The van der Waals surface area contributed by atoms with Gasteiger partial charge in [0.25, 0.3) is 0 Å². The minimum Gasteiger partial charge on any atom is -0.550 e. The predicted molar refractivity (Wildman–Crippen MR) is 54.8 cm³/mol. The van der Waals surface area contributed by atoms with Crippen LogP contribution in [0.5, 0.6) is 0 Å². The molecule has 2 bridgehead atoms. The average molecular weight is 250 g/mol. The highest BCUT2D eigenvalue weighted by molar-refractivity contribution is 5.90. The summed E-state index contributed by atoms with van der Waals surface area (Å²) in [6, 6.07) is 0. The van der Waals surface area contributed by atoms with E-state index in [4.69, 9.17) is 9.47 Å². The second kappa shape index (κ2) is 3.13. The van der Waals surface area contributed by atoms with Crippen LogP contribution in [0.3, 0.4) is 0 Å². The van der Waals surface area contributed by atoms with Crippen LogP contribution in [0.2, 0.25) is 0 Å². The maximum absolute atomic E-state index is 12.4. The minimum atomic E-state index is -1.22. The molecule has 0 saturated carbocycles. The molecule has 6 nitrogen and oxygen atoms in total. The van der Waals surface area contributed by atoms with Crippen molar-refractivity contribution in [3.8, 4) is 0 Å². The molecular formula is C12H12NO5-. The van der Waals surface area contributed by atoms with Crippen LogP contribution >= 0.6 is 0 Å². The molecule has 5 atom stereocenters. The van der Waals surface area contributed by atoms with Gasteiger partial charge in [-0.2, -0.15) is 0 Å². The van der Waals surface area contributed by atoms with Crippen LogP contribution in [0.15, 0.2) is 12.2 Å². The number of hydrogen-bond acceptors (Lipinski definition) is 5. The van der Waals surface area contributed by atoms with Gasteiger partial charge in [0.15, 0.2) is 6.23 Å². The lowest BCUT2D eigenvalue weighted by Crippen LogP contribution is -2.50. The third kappa shape index (κ3) is 0.976. The highest BCUT2D eigenvalue weighted by atomic mass is 16.6. The lowest BCUT2D eigenvalue weighted by Gasteiger charge is -2.36. The SMILES string of the molecule is O=C([O-])[C@H]1[C@H]2C=C[C@@]3(O2)[C@@H]2OCCCN2C(=O)[C@@H]13. The van der Waals surface area contributed by atoms with Gasteiger partial charge in [-0.3, -0.25) is 4.79 Å². The Morgan fingerprint density at radius 2 is 2.39 bits per heavy atom.